The van der Waals surface area contributed by atoms with Gasteiger partial charge in [0.25, 0.3) is 0 Å². The van der Waals surface area contributed by atoms with E-state index in [0.29, 0.717) is 6.42 Å². The first kappa shape index (κ1) is 23.9. The number of esters is 2. The van der Waals surface area contributed by atoms with E-state index >= 15 is 0 Å². The smallest absolute Gasteiger partial charge is 0.347 e. The Hall–Kier alpha value is -1.06. The van der Waals surface area contributed by atoms with Crippen molar-refractivity contribution in [1.82, 2.24) is 0 Å². The summed E-state index contributed by atoms with van der Waals surface area (Å²) in [6.07, 6.45) is 1.61. The molecule has 0 spiro atoms. The Morgan fingerprint density at radius 1 is 0.880 bits per heavy atom. The predicted molar refractivity (Wildman–Crippen MR) is 102 cm³/mol. The Labute approximate surface area is 155 Å². The molecule has 0 radical (unpaired) electrons. The highest BCUT2D eigenvalue weighted by Crippen LogP contribution is 2.50. The van der Waals surface area contributed by atoms with Crippen molar-refractivity contribution in [3.05, 3.63) is 0 Å². The molecule has 0 N–H and O–H groups in total. The molecule has 4 heteroatoms. The quantitative estimate of drug-likeness (QED) is 0.537. The number of hydrogen-bond donors (Lipinski definition) is 0. The Kier molecular flexibility index (Phi) is 7.75. The normalized spacial score (nSPS) is 16.8. The van der Waals surface area contributed by atoms with Gasteiger partial charge in [0.1, 0.15) is 5.60 Å². The summed E-state index contributed by atoms with van der Waals surface area (Å²) in [5.74, 6) is -0.827. The van der Waals surface area contributed by atoms with Crippen LogP contribution in [0.3, 0.4) is 0 Å². The van der Waals surface area contributed by atoms with Crippen molar-refractivity contribution in [3.8, 4) is 0 Å². The van der Waals surface area contributed by atoms with Crippen molar-refractivity contribution in [2.75, 3.05) is 0 Å². The van der Waals surface area contributed by atoms with E-state index in [1.165, 1.54) is 0 Å². The molecule has 148 valence electrons. The minimum Gasteiger partial charge on any atom is -0.457 e. The summed E-state index contributed by atoms with van der Waals surface area (Å²) in [5.41, 5.74) is -1.52. The van der Waals surface area contributed by atoms with E-state index in [-0.39, 0.29) is 16.8 Å². The van der Waals surface area contributed by atoms with Crippen molar-refractivity contribution in [1.29, 1.82) is 0 Å². The molecule has 25 heavy (non-hydrogen) atoms. The first-order chi connectivity index (χ1) is 11.0. The average molecular weight is 357 g/mol. The van der Waals surface area contributed by atoms with Crippen molar-refractivity contribution in [2.45, 2.75) is 107 Å². The van der Waals surface area contributed by atoms with Crippen LogP contribution in [-0.2, 0) is 19.1 Å². The molecule has 0 aromatic rings. The minimum absolute atomic E-state index is 0.00929. The maximum atomic E-state index is 13.1. The maximum Gasteiger partial charge on any atom is 0.347 e. The zero-order valence-corrected chi connectivity index (χ0v) is 18.3. The van der Waals surface area contributed by atoms with Crippen molar-refractivity contribution < 1.29 is 19.1 Å². The van der Waals surface area contributed by atoms with Gasteiger partial charge in [-0.25, -0.2) is 4.79 Å². The number of ether oxygens (including phenoxy) is 2. The van der Waals surface area contributed by atoms with Crippen molar-refractivity contribution >= 4 is 11.9 Å². The van der Waals surface area contributed by atoms with Crippen LogP contribution in [0.5, 0.6) is 0 Å². The molecule has 0 bridgehead atoms. The first-order valence-electron chi connectivity index (χ1n) is 9.45. The van der Waals surface area contributed by atoms with Crippen LogP contribution in [0.25, 0.3) is 0 Å². The third-order valence-electron chi connectivity index (χ3n) is 5.64. The fourth-order valence-electron chi connectivity index (χ4n) is 2.78. The molecule has 0 amide bonds. The second kappa shape index (κ2) is 8.09. The van der Waals surface area contributed by atoms with Crippen LogP contribution in [0.15, 0.2) is 0 Å². The monoisotopic (exact) mass is 356 g/mol. The second-order valence-corrected chi connectivity index (χ2v) is 9.85. The predicted octanol–water partition coefficient (Wildman–Crippen LogP) is 5.53. The molecule has 2 atom stereocenters. The number of hydrogen-bond acceptors (Lipinski definition) is 4. The average Bonchev–Trinajstić information content (AvgIpc) is 2.44. The highest BCUT2D eigenvalue weighted by molar-refractivity contribution is 5.82. The molecule has 0 rings (SSSR count). The van der Waals surface area contributed by atoms with Crippen LogP contribution >= 0.6 is 0 Å². The van der Waals surface area contributed by atoms with E-state index in [0.717, 1.165) is 12.8 Å². The summed E-state index contributed by atoms with van der Waals surface area (Å²) in [7, 11) is 0. The lowest BCUT2D eigenvalue weighted by atomic mass is 9.58. The van der Waals surface area contributed by atoms with Gasteiger partial charge < -0.3 is 9.47 Å². The Morgan fingerprint density at radius 2 is 1.36 bits per heavy atom. The van der Waals surface area contributed by atoms with Crippen LogP contribution in [0.1, 0.15) is 95.4 Å². The molecule has 0 aliphatic rings. The van der Waals surface area contributed by atoms with E-state index < -0.39 is 23.1 Å². The fourth-order valence-corrected chi connectivity index (χ4v) is 2.78. The molecule has 0 saturated heterocycles. The van der Waals surface area contributed by atoms with Gasteiger partial charge in [-0.05, 0) is 58.3 Å². The summed E-state index contributed by atoms with van der Waals surface area (Å²) in [5, 5.41) is 0. The minimum atomic E-state index is -0.913. The second-order valence-electron chi connectivity index (χ2n) is 9.85. The van der Waals surface area contributed by atoms with Gasteiger partial charge in [0.15, 0.2) is 6.10 Å². The summed E-state index contributed by atoms with van der Waals surface area (Å²) in [4.78, 5) is 25.3. The first-order valence-corrected chi connectivity index (χ1v) is 9.45. The summed E-state index contributed by atoms with van der Waals surface area (Å²) in [6.45, 7) is 21.7. The van der Waals surface area contributed by atoms with Crippen molar-refractivity contribution in [3.63, 3.8) is 0 Å². The summed E-state index contributed by atoms with van der Waals surface area (Å²) >= 11 is 0. The van der Waals surface area contributed by atoms with Gasteiger partial charge in [-0.3, -0.25) is 4.79 Å². The molecule has 4 nitrogen and oxygen atoms in total. The van der Waals surface area contributed by atoms with Crippen LogP contribution in [0.4, 0.5) is 0 Å². The molecule has 0 aromatic heterocycles. The zero-order chi connectivity index (χ0) is 20.3. The zero-order valence-electron chi connectivity index (χ0n) is 18.3. The lowest BCUT2D eigenvalue weighted by molar-refractivity contribution is -0.185. The molecule has 0 heterocycles. The third kappa shape index (κ3) is 6.63. The number of carbonyl (C=O) groups is 2. The van der Waals surface area contributed by atoms with Gasteiger partial charge in [-0.15, -0.1) is 0 Å². The molecular formula is C21H40O4. The molecule has 0 aromatic carbocycles. The van der Waals surface area contributed by atoms with Gasteiger partial charge in [-0.2, -0.15) is 0 Å². The van der Waals surface area contributed by atoms with Gasteiger partial charge in [0, 0.05) is 0 Å². The Balaban J connectivity index is 5.48. The van der Waals surface area contributed by atoms with E-state index in [4.69, 9.17) is 9.47 Å². The molecule has 0 saturated carbocycles. The van der Waals surface area contributed by atoms with Crippen LogP contribution in [-0.4, -0.2) is 23.6 Å². The largest absolute Gasteiger partial charge is 0.457 e. The fraction of sp³-hybridized carbons (Fsp3) is 0.905. The van der Waals surface area contributed by atoms with Crippen molar-refractivity contribution in [2.24, 2.45) is 16.2 Å². The van der Waals surface area contributed by atoms with Crippen LogP contribution in [0, 0.1) is 16.2 Å². The topological polar surface area (TPSA) is 52.6 Å². The highest BCUT2D eigenvalue weighted by Gasteiger charge is 2.50. The lowest BCUT2D eigenvalue weighted by Crippen LogP contribution is -2.47. The highest BCUT2D eigenvalue weighted by atomic mass is 16.6. The van der Waals surface area contributed by atoms with Crippen LogP contribution < -0.4 is 0 Å². The SMILES string of the molecule is CCC(C)(C)CC(C)(C(=O)OC(C)C(=O)OC(C)(C)C)C(C)(C)CC. The van der Waals surface area contributed by atoms with E-state index in [1.807, 2.05) is 6.92 Å². The maximum absolute atomic E-state index is 13.1. The summed E-state index contributed by atoms with van der Waals surface area (Å²) < 4.78 is 10.9. The van der Waals surface area contributed by atoms with Crippen LogP contribution in [0.2, 0.25) is 0 Å². The van der Waals surface area contributed by atoms with Gasteiger partial charge in [0.2, 0.25) is 0 Å². The summed E-state index contributed by atoms with van der Waals surface area (Å²) in [6, 6.07) is 0. The van der Waals surface area contributed by atoms with E-state index in [9.17, 15) is 9.59 Å². The van der Waals surface area contributed by atoms with Gasteiger partial charge in [-0.1, -0.05) is 48.0 Å². The van der Waals surface area contributed by atoms with E-state index in [1.54, 1.807) is 27.7 Å². The van der Waals surface area contributed by atoms with E-state index in [2.05, 4.69) is 41.5 Å². The third-order valence-corrected chi connectivity index (χ3v) is 5.64. The molecular weight excluding hydrogens is 316 g/mol. The number of rotatable bonds is 8. The lowest BCUT2D eigenvalue weighted by Gasteiger charge is -2.46. The molecule has 0 aliphatic carbocycles. The standard InChI is InChI=1S/C21H40O4/c1-12-19(7,8)14-21(11,20(9,10)13-2)17(23)24-15(3)16(22)25-18(4,5)6/h15H,12-14H2,1-11H3. The number of carbonyl (C=O) groups excluding carboxylic acids is 2. The molecule has 0 aliphatic heterocycles. The molecule has 2 unspecified atom stereocenters. The Bertz CT molecular complexity index is 471. The molecule has 0 fully saturated rings. The van der Waals surface area contributed by atoms with Gasteiger partial charge in [0.05, 0.1) is 5.41 Å². The van der Waals surface area contributed by atoms with Gasteiger partial charge >= 0.3 is 11.9 Å². The Morgan fingerprint density at radius 3 is 1.72 bits per heavy atom.